The minimum atomic E-state index is -0.562. The third-order valence-electron chi connectivity index (χ3n) is 5.97. The van der Waals surface area contributed by atoms with Crippen molar-refractivity contribution in [3.05, 3.63) is 53.7 Å². The largest absolute Gasteiger partial charge is 0.444 e. The van der Waals surface area contributed by atoms with Gasteiger partial charge in [-0.15, -0.1) is 0 Å². The summed E-state index contributed by atoms with van der Waals surface area (Å²) < 4.78 is 36.1. The number of anilines is 2. The summed E-state index contributed by atoms with van der Waals surface area (Å²) in [7, 11) is 0. The number of fused-ring (bicyclic) bond motifs is 1. The first kappa shape index (κ1) is 23.7. The normalized spacial score (nSPS) is 14.9. The van der Waals surface area contributed by atoms with Crippen molar-refractivity contribution in [3.8, 4) is 11.1 Å². The average Bonchev–Trinajstić information content (AvgIpc) is 2.76. The van der Waals surface area contributed by atoms with Gasteiger partial charge in [0.15, 0.2) is 5.82 Å². The number of nitrogens with zero attached hydrogens (tertiary/aromatic N) is 2. The second kappa shape index (κ2) is 9.08. The minimum Gasteiger partial charge on any atom is -0.444 e. The summed E-state index contributed by atoms with van der Waals surface area (Å²) in [6.07, 6.45) is 2.45. The number of carbonyl (C=O) groups excluding carboxylic acids is 1. The molecular weight excluding hydrogens is 438 g/mol. The Morgan fingerprint density at radius 2 is 1.91 bits per heavy atom. The van der Waals surface area contributed by atoms with Gasteiger partial charge in [0.1, 0.15) is 17.2 Å². The summed E-state index contributed by atoms with van der Waals surface area (Å²) >= 11 is 0. The van der Waals surface area contributed by atoms with Crippen molar-refractivity contribution in [2.24, 2.45) is 0 Å². The highest BCUT2D eigenvalue weighted by atomic mass is 19.1. The number of hydrogen-bond donors (Lipinski definition) is 2. The first-order valence-electron chi connectivity index (χ1n) is 11.4. The monoisotopic (exact) mass is 468 g/mol. The van der Waals surface area contributed by atoms with Gasteiger partial charge in [0.2, 0.25) is 0 Å². The van der Waals surface area contributed by atoms with Crippen LogP contribution in [0.1, 0.15) is 39.2 Å². The average molecular weight is 469 g/mol. The Labute approximate surface area is 198 Å². The predicted octanol–water partition coefficient (Wildman–Crippen LogP) is 5.88. The molecule has 0 bridgehead atoms. The van der Waals surface area contributed by atoms with Crippen LogP contribution in [0.3, 0.4) is 0 Å². The lowest BCUT2D eigenvalue weighted by Gasteiger charge is -2.34. The Morgan fingerprint density at radius 3 is 2.56 bits per heavy atom. The number of aryl methyl sites for hydroxylation is 1. The third-order valence-corrected chi connectivity index (χ3v) is 5.97. The summed E-state index contributed by atoms with van der Waals surface area (Å²) in [6.45, 7) is 8.22. The van der Waals surface area contributed by atoms with Crippen LogP contribution < -0.4 is 11.1 Å². The molecule has 180 valence electrons. The van der Waals surface area contributed by atoms with E-state index in [1.54, 1.807) is 42.3 Å². The summed E-state index contributed by atoms with van der Waals surface area (Å²) in [5, 5.41) is 4.55. The lowest BCUT2D eigenvalue weighted by molar-refractivity contribution is 0.0210. The number of hydrogen-bond acceptors (Lipinski definition) is 5. The molecule has 2 aromatic carbocycles. The van der Waals surface area contributed by atoms with Crippen LogP contribution in [0, 0.1) is 18.6 Å². The molecule has 4 rings (SSSR count). The number of likely N-dealkylation sites (tertiary alicyclic amines) is 1. The van der Waals surface area contributed by atoms with E-state index < -0.39 is 17.2 Å². The highest BCUT2D eigenvalue weighted by Gasteiger charge is 2.28. The van der Waals surface area contributed by atoms with Gasteiger partial charge in [0.25, 0.3) is 0 Å². The molecule has 3 N–H and O–H groups in total. The van der Waals surface area contributed by atoms with E-state index in [1.165, 1.54) is 6.07 Å². The van der Waals surface area contributed by atoms with Crippen LogP contribution in [0.5, 0.6) is 0 Å². The zero-order valence-corrected chi connectivity index (χ0v) is 19.9. The molecule has 1 fully saturated rings. The second-order valence-electron chi connectivity index (χ2n) is 9.76. The van der Waals surface area contributed by atoms with Crippen LogP contribution in [-0.2, 0) is 4.74 Å². The number of benzene rings is 2. The molecule has 1 aliphatic rings. The number of piperidine rings is 1. The van der Waals surface area contributed by atoms with E-state index in [1.807, 2.05) is 20.8 Å². The molecule has 1 saturated heterocycles. The SMILES string of the molecule is Cc1cccc(F)c1-c1cc2cnc(N)cc2c(NC2CCN(C(=O)OC(C)(C)C)CC2)c1F. The number of aromatic nitrogens is 1. The Morgan fingerprint density at radius 1 is 1.21 bits per heavy atom. The fraction of sp³-hybridized carbons (Fsp3) is 0.385. The van der Waals surface area contributed by atoms with Crippen molar-refractivity contribution >= 4 is 28.4 Å². The van der Waals surface area contributed by atoms with E-state index in [0.717, 1.165) is 0 Å². The molecular formula is C26H30F2N4O2. The lowest BCUT2D eigenvalue weighted by Crippen LogP contribution is -2.44. The van der Waals surface area contributed by atoms with E-state index >= 15 is 4.39 Å². The second-order valence-corrected chi connectivity index (χ2v) is 9.76. The van der Waals surface area contributed by atoms with Crippen LogP contribution >= 0.6 is 0 Å². The molecule has 0 radical (unpaired) electrons. The number of halogens is 2. The molecule has 6 nitrogen and oxygen atoms in total. The van der Waals surface area contributed by atoms with Crippen LogP contribution in [0.15, 0.2) is 36.5 Å². The quantitative estimate of drug-likeness (QED) is 0.502. The number of nitrogens with one attached hydrogen (secondary N) is 1. The highest BCUT2D eigenvalue weighted by Crippen LogP contribution is 2.38. The van der Waals surface area contributed by atoms with Gasteiger partial charge in [0.05, 0.1) is 5.69 Å². The maximum Gasteiger partial charge on any atom is 0.410 e. The van der Waals surface area contributed by atoms with Gasteiger partial charge in [-0.05, 0) is 64.3 Å². The first-order chi connectivity index (χ1) is 16.0. The molecule has 34 heavy (non-hydrogen) atoms. The van der Waals surface area contributed by atoms with Crippen molar-refractivity contribution in [3.63, 3.8) is 0 Å². The van der Waals surface area contributed by atoms with E-state index in [4.69, 9.17) is 10.5 Å². The smallest absolute Gasteiger partial charge is 0.410 e. The van der Waals surface area contributed by atoms with Gasteiger partial charge in [-0.2, -0.15) is 0 Å². The topological polar surface area (TPSA) is 80.5 Å². The minimum absolute atomic E-state index is 0.0808. The maximum atomic E-state index is 16.0. The standard InChI is InChI=1S/C26H30F2N4O2/c1-15-6-5-7-20(27)22(15)19-12-16-14-30-21(29)13-18(16)24(23(19)28)31-17-8-10-32(11-9-17)25(33)34-26(2,3)4/h5-7,12-14,17,31H,8-11H2,1-4H3,(H2,29,30). The molecule has 2 heterocycles. The summed E-state index contributed by atoms with van der Waals surface area (Å²) in [5.41, 5.74) is 6.63. The van der Waals surface area contributed by atoms with Crippen LogP contribution in [-0.4, -0.2) is 40.7 Å². The number of amides is 1. The predicted molar refractivity (Wildman–Crippen MR) is 131 cm³/mol. The summed E-state index contributed by atoms with van der Waals surface area (Å²) in [6, 6.07) is 7.83. The number of rotatable bonds is 3. The molecule has 1 amide bonds. The molecule has 0 atom stereocenters. The van der Waals surface area contributed by atoms with Gasteiger partial charge >= 0.3 is 6.09 Å². The molecule has 8 heteroatoms. The van der Waals surface area contributed by atoms with Crippen LogP contribution in [0.4, 0.5) is 25.1 Å². The number of pyridine rings is 1. The zero-order chi connectivity index (χ0) is 24.6. The van der Waals surface area contributed by atoms with Crippen molar-refractivity contribution in [1.29, 1.82) is 0 Å². The van der Waals surface area contributed by atoms with Gasteiger partial charge in [-0.1, -0.05) is 12.1 Å². The van der Waals surface area contributed by atoms with Gasteiger partial charge in [0, 0.05) is 47.2 Å². The number of ether oxygens (including phenoxy) is 1. The highest BCUT2D eigenvalue weighted by molar-refractivity contribution is 5.99. The number of carbonyl (C=O) groups is 1. The van der Waals surface area contributed by atoms with Gasteiger partial charge in [-0.25, -0.2) is 18.6 Å². The first-order valence-corrected chi connectivity index (χ1v) is 11.4. The Kier molecular flexibility index (Phi) is 6.34. The van der Waals surface area contributed by atoms with Gasteiger partial charge < -0.3 is 20.7 Å². The molecule has 3 aromatic rings. The Bertz CT molecular complexity index is 1210. The fourth-order valence-electron chi connectivity index (χ4n) is 4.32. The van der Waals surface area contributed by atoms with Crippen molar-refractivity contribution < 1.29 is 18.3 Å². The van der Waals surface area contributed by atoms with Crippen molar-refractivity contribution in [2.45, 2.75) is 52.2 Å². The van der Waals surface area contributed by atoms with E-state index in [9.17, 15) is 9.18 Å². The van der Waals surface area contributed by atoms with Gasteiger partial charge in [-0.3, -0.25) is 0 Å². The van der Waals surface area contributed by atoms with Crippen molar-refractivity contribution in [2.75, 3.05) is 24.1 Å². The molecule has 0 saturated carbocycles. The van der Waals surface area contributed by atoms with Crippen LogP contribution in [0.25, 0.3) is 21.9 Å². The summed E-state index contributed by atoms with van der Waals surface area (Å²) in [4.78, 5) is 18.2. The van der Waals surface area contributed by atoms with E-state index in [0.29, 0.717) is 42.3 Å². The molecule has 0 spiro atoms. The molecule has 0 aliphatic carbocycles. The maximum absolute atomic E-state index is 16.0. The number of nitrogen functional groups attached to an aromatic ring is 1. The van der Waals surface area contributed by atoms with Crippen molar-refractivity contribution in [1.82, 2.24) is 9.88 Å². The molecule has 0 unspecified atom stereocenters. The molecule has 1 aliphatic heterocycles. The molecule has 1 aromatic heterocycles. The zero-order valence-electron chi connectivity index (χ0n) is 19.9. The van der Waals surface area contributed by atoms with E-state index in [-0.39, 0.29) is 34.8 Å². The Balaban J connectivity index is 1.66. The number of nitrogens with two attached hydrogens (primary N) is 1. The van der Waals surface area contributed by atoms with Crippen LogP contribution in [0.2, 0.25) is 0 Å². The Hall–Kier alpha value is -3.42. The van der Waals surface area contributed by atoms with E-state index in [2.05, 4.69) is 10.3 Å². The fourth-order valence-corrected chi connectivity index (χ4v) is 4.32. The third kappa shape index (κ3) is 4.90. The lowest BCUT2D eigenvalue weighted by atomic mass is 9.95. The summed E-state index contributed by atoms with van der Waals surface area (Å²) in [5.74, 6) is -0.760.